The first kappa shape index (κ1) is 38.9. The molecule has 6 rings (SSSR count). The lowest BCUT2D eigenvalue weighted by atomic mass is 9.93. The number of nitrogens with zero attached hydrogens (tertiary/aromatic N) is 6. The fraction of sp³-hybridized carbons (Fsp3) is 0.526. The number of pyridine rings is 1. The highest BCUT2D eigenvalue weighted by Crippen LogP contribution is 2.47. The Bertz CT molecular complexity index is 2120. The molecule has 0 radical (unpaired) electrons. The predicted molar refractivity (Wildman–Crippen MR) is 211 cm³/mol. The van der Waals surface area contributed by atoms with Gasteiger partial charge in [-0.15, -0.1) is 5.10 Å². The van der Waals surface area contributed by atoms with Crippen molar-refractivity contribution in [1.82, 2.24) is 24.4 Å². The van der Waals surface area contributed by atoms with Gasteiger partial charge in [0.05, 0.1) is 27.3 Å². The molecule has 1 saturated carbocycles. The molecule has 0 saturated heterocycles. The second-order valence-electron chi connectivity index (χ2n) is 17.2. The van der Waals surface area contributed by atoms with E-state index in [4.69, 9.17) is 35.0 Å². The summed E-state index contributed by atoms with van der Waals surface area (Å²) in [5, 5.41) is 9.89. The number of halogens is 1. The third-order valence-corrected chi connectivity index (χ3v) is 15.4. The Morgan fingerprint density at radius 1 is 0.943 bits per heavy atom. The quantitative estimate of drug-likeness (QED) is 0.153. The van der Waals surface area contributed by atoms with Crippen molar-refractivity contribution >= 4 is 70.6 Å². The maximum absolute atomic E-state index is 13.8. The summed E-state index contributed by atoms with van der Waals surface area (Å²) in [7, 11) is -1.87. The van der Waals surface area contributed by atoms with Crippen molar-refractivity contribution in [2.24, 2.45) is 0 Å². The van der Waals surface area contributed by atoms with Crippen LogP contribution in [0, 0.1) is 0 Å². The van der Waals surface area contributed by atoms with Gasteiger partial charge in [-0.05, 0) is 109 Å². The summed E-state index contributed by atoms with van der Waals surface area (Å²) < 4.78 is 31.6. The van der Waals surface area contributed by atoms with Gasteiger partial charge in [0, 0.05) is 35.2 Å². The van der Waals surface area contributed by atoms with Crippen molar-refractivity contribution in [1.29, 1.82) is 0 Å². The van der Waals surface area contributed by atoms with Gasteiger partial charge >= 0.3 is 12.2 Å². The summed E-state index contributed by atoms with van der Waals surface area (Å²) in [6.07, 6.45) is 7.46. The second-order valence-corrected chi connectivity index (χ2v) is 23.1. The first-order chi connectivity index (χ1) is 24.6. The van der Waals surface area contributed by atoms with Crippen molar-refractivity contribution in [3.63, 3.8) is 0 Å². The molecule has 0 aliphatic heterocycles. The minimum atomic E-state index is -1.87. The van der Waals surface area contributed by atoms with E-state index in [1.165, 1.54) is 11.5 Å². The Hall–Kier alpha value is -3.85. The molecule has 1 aliphatic carbocycles. The van der Waals surface area contributed by atoms with Crippen LogP contribution in [-0.4, -0.2) is 62.2 Å². The molecule has 1 fully saturated rings. The van der Waals surface area contributed by atoms with Crippen LogP contribution in [0.15, 0.2) is 41.2 Å². The number of rotatable bonds is 6. The lowest BCUT2D eigenvalue weighted by molar-refractivity contribution is 0.0429. The number of hydrogen-bond donors (Lipinski definition) is 0. The molecule has 5 aromatic rings. The Morgan fingerprint density at radius 3 is 2.19 bits per heavy atom. The Kier molecular flexibility index (Phi) is 10.3. The standard InChI is InChI=1S/C38H49ClN6O6SSi/c1-36(2,3)49-34(46)45(35(47)50-37(4,5)6)33-31-28(29(39)30(48-31)25-13-12-14-27-32(25)52-43-42-27)26(20-40-33)22-19-41-44(21-22)23-15-17-24(18-16-23)51-53(10,11)38(7,8)9/h12-14,19-21,23-24H,15-18H2,1-11H3. The lowest BCUT2D eigenvalue weighted by Crippen LogP contribution is -2.44. The fourth-order valence-corrected chi connectivity index (χ4v) is 8.58. The van der Waals surface area contributed by atoms with Crippen LogP contribution < -0.4 is 4.90 Å². The Morgan fingerprint density at radius 2 is 1.58 bits per heavy atom. The van der Waals surface area contributed by atoms with Crippen LogP contribution in [0.3, 0.4) is 0 Å². The molecule has 0 N–H and O–H groups in total. The minimum absolute atomic E-state index is 0.102. The van der Waals surface area contributed by atoms with Crippen molar-refractivity contribution in [2.75, 3.05) is 4.90 Å². The molecular weight excluding hydrogens is 732 g/mol. The van der Waals surface area contributed by atoms with Crippen molar-refractivity contribution < 1.29 is 27.9 Å². The molecule has 15 heteroatoms. The van der Waals surface area contributed by atoms with Gasteiger partial charge in [0.15, 0.2) is 25.5 Å². The summed E-state index contributed by atoms with van der Waals surface area (Å²) in [5.41, 5.74) is 0.949. The number of aromatic nitrogens is 5. The number of hydrogen-bond acceptors (Lipinski definition) is 11. The summed E-state index contributed by atoms with van der Waals surface area (Å²) in [5.74, 6) is 0.192. The monoisotopic (exact) mass is 780 g/mol. The number of ether oxygens (including phenoxy) is 2. The zero-order valence-electron chi connectivity index (χ0n) is 32.4. The molecule has 1 aliphatic rings. The largest absolute Gasteiger partial charge is 0.450 e. The summed E-state index contributed by atoms with van der Waals surface area (Å²) in [6.45, 7) is 21.7. The third kappa shape index (κ3) is 8.15. The van der Waals surface area contributed by atoms with E-state index in [-0.39, 0.29) is 33.6 Å². The molecule has 0 spiro atoms. The van der Waals surface area contributed by atoms with Crippen molar-refractivity contribution in [2.45, 2.75) is 129 Å². The number of fused-ring (bicyclic) bond motifs is 2. The first-order valence-electron chi connectivity index (χ1n) is 17.9. The molecule has 0 atom stereocenters. The molecule has 4 heterocycles. The van der Waals surface area contributed by atoms with Crippen LogP contribution in [0.2, 0.25) is 23.2 Å². The van der Waals surface area contributed by atoms with Crippen LogP contribution in [0.25, 0.3) is 43.6 Å². The van der Waals surface area contributed by atoms with E-state index in [0.29, 0.717) is 27.8 Å². The maximum atomic E-state index is 13.8. The Labute approximate surface area is 320 Å². The highest BCUT2D eigenvalue weighted by molar-refractivity contribution is 7.13. The van der Waals surface area contributed by atoms with Gasteiger partial charge in [0.1, 0.15) is 16.7 Å². The van der Waals surface area contributed by atoms with E-state index in [1.54, 1.807) is 53.9 Å². The SMILES string of the molecule is CC(C)(C)OC(=O)N(C(=O)OC(C)(C)C)c1ncc(-c2cnn(C3CCC(O[Si](C)(C)C(C)(C)C)CC3)c2)c2c(Cl)c(-c3cccc4nnsc34)oc12. The first-order valence-corrected chi connectivity index (χ1v) is 22.0. The van der Waals surface area contributed by atoms with E-state index < -0.39 is 31.7 Å². The van der Waals surface area contributed by atoms with Gasteiger partial charge in [0.2, 0.25) is 0 Å². The second kappa shape index (κ2) is 14.1. The van der Waals surface area contributed by atoms with Crippen LogP contribution in [0.4, 0.5) is 15.4 Å². The van der Waals surface area contributed by atoms with E-state index >= 15 is 0 Å². The summed E-state index contributed by atoms with van der Waals surface area (Å²) in [4.78, 5) is 33.0. The molecule has 0 unspecified atom stereocenters. The number of benzene rings is 1. The van der Waals surface area contributed by atoms with Gasteiger partial charge in [0.25, 0.3) is 0 Å². The van der Waals surface area contributed by atoms with Gasteiger partial charge in [-0.25, -0.2) is 14.6 Å². The summed E-state index contributed by atoms with van der Waals surface area (Å²) in [6, 6.07) is 5.76. The number of anilines is 1. The molecule has 284 valence electrons. The smallest absolute Gasteiger partial charge is 0.425 e. The van der Waals surface area contributed by atoms with E-state index in [1.807, 2.05) is 29.1 Å². The van der Waals surface area contributed by atoms with Crippen LogP contribution in [0.1, 0.15) is 94.0 Å². The van der Waals surface area contributed by atoms with E-state index in [9.17, 15) is 9.59 Å². The Balaban J connectivity index is 1.43. The van der Waals surface area contributed by atoms with Gasteiger partial charge in [-0.3, -0.25) is 4.68 Å². The van der Waals surface area contributed by atoms with Crippen molar-refractivity contribution in [3.8, 4) is 22.5 Å². The third-order valence-electron chi connectivity index (χ3n) is 9.72. The normalized spacial score (nSPS) is 17.4. The van der Waals surface area contributed by atoms with Gasteiger partial charge in [-0.2, -0.15) is 10.00 Å². The topological polar surface area (TPSA) is 135 Å². The summed E-state index contributed by atoms with van der Waals surface area (Å²) >= 11 is 8.48. The number of imide groups is 1. The number of carbonyl (C=O) groups excluding carboxylic acids is 2. The van der Waals surface area contributed by atoms with Crippen LogP contribution >= 0.6 is 23.1 Å². The highest BCUT2D eigenvalue weighted by atomic mass is 35.5. The molecule has 12 nitrogen and oxygen atoms in total. The molecule has 1 aromatic carbocycles. The number of furan rings is 1. The molecule has 4 aromatic heterocycles. The van der Waals surface area contributed by atoms with Crippen molar-refractivity contribution in [3.05, 3.63) is 41.8 Å². The number of carbonyl (C=O) groups is 2. The fourth-order valence-electron chi connectivity index (χ4n) is 6.15. The van der Waals surface area contributed by atoms with Crippen LogP contribution in [-0.2, 0) is 13.9 Å². The predicted octanol–water partition coefficient (Wildman–Crippen LogP) is 11.2. The average Bonchev–Trinajstić information content (AvgIpc) is 3.79. The van der Waals surface area contributed by atoms with Gasteiger partial charge in [-0.1, -0.05) is 42.9 Å². The van der Waals surface area contributed by atoms with Crippen LogP contribution in [0.5, 0.6) is 0 Å². The zero-order chi connectivity index (χ0) is 38.7. The molecule has 0 bridgehead atoms. The maximum Gasteiger partial charge on any atom is 0.425 e. The lowest BCUT2D eigenvalue weighted by Gasteiger charge is -2.41. The van der Waals surface area contributed by atoms with E-state index in [2.05, 4.69) is 48.4 Å². The zero-order valence-corrected chi connectivity index (χ0v) is 34.9. The highest BCUT2D eigenvalue weighted by Gasteiger charge is 2.40. The number of amides is 2. The van der Waals surface area contributed by atoms with E-state index in [0.717, 1.165) is 40.8 Å². The molecule has 2 amide bonds. The van der Waals surface area contributed by atoms with Gasteiger partial charge < -0.3 is 18.3 Å². The average molecular weight is 781 g/mol. The molecular formula is C38H49ClN6O6SSi. The minimum Gasteiger partial charge on any atom is -0.450 e. The molecule has 53 heavy (non-hydrogen) atoms.